The summed E-state index contributed by atoms with van der Waals surface area (Å²) in [6.07, 6.45) is 0.591. The van der Waals surface area contributed by atoms with Crippen molar-refractivity contribution in [2.45, 2.75) is 6.42 Å². The Bertz CT molecular complexity index is 553. The Morgan fingerprint density at radius 3 is 2.83 bits per heavy atom. The van der Waals surface area contributed by atoms with Gasteiger partial charge in [-0.1, -0.05) is 12.1 Å². The van der Waals surface area contributed by atoms with Gasteiger partial charge in [-0.2, -0.15) is 4.31 Å². The zero-order chi connectivity index (χ0) is 13.2. The van der Waals surface area contributed by atoms with Gasteiger partial charge in [0.2, 0.25) is 10.0 Å². The molecule has 0 unspecified atom stereocenters. The first-order valence-corrected chi connectivity index (χ1v) is 7.29. The molecule has 1 aliphatic heterocycles. The standard InChI is InChI=1S/C12H15NO4S/c1-17-11-5-2-4-10(8-11)12(14)9-13-6-3-7-18(13,15)16/h2,4-5,8H,3,6-7,9H2,1H3. The van der Waals surface area contributed by atoms with E-state index in [-0.39, 0.29) is 18.1 Å². The number of benzene rings is 1. The van der Waals surface area contributed by atoms with Crippen molar-refractivity contribution in [2.75, 3.05) is 26.0 Å². The molecule has 18 heavy (non-hydrogen) atoms. The first-order chi connectivity index (χ1) is 8.53. The van der Waals surface area contributed by atoms with Crippen LogP contribution in [-0.4, -0.2) is 44.5 Å². The Morgan fingerprint density at radius 1 is 1.44 bits per heavy atom. The second-order valence-corrected chi connectivity index (χ2v) is 6.25. The number of hydrogen-bond acceptors (Lipinski definition) is 4. The number of rotatable bonds is 4. The van der Waals surface area contributed by atoms with E-state index in [1.807, 2.05) is 0 Å². The van der Waals surface area contributed by atoms with Crippen LogP contribution in [0.15, 0.2) is 24.3 Å². The fourth-order valence-electron chi connectivity index (χ4n) is 1.92. The van der Waals surface area contributed by atoms with E-state index in [0.29, 0.717) is 24.3 Å². The van der Waals surface area contributed by atoms with Gasteiger partial charge in [0.05, 0.1) is 19.4 Å². The van der Waals surface area contributed by atoms with Crippen LogP contribution in [0.5, 0.6) is 5.75 Å². The normalized spacial score (nSPS) is 18.7. The van der Waals surface area contributed by atoms with Gasteiger partial charge >= 0.3 is 0 Å². The minimum Gasteiger partial charge on any atom is -0.497 e. The van der Waals surface area contributed by atoms with Gasteiger partial charge in [0, 0.05) is 12.1 Å². The molecule has 1 saturated heterocycles. The van der Waals surface area contributed by atoms with E-state index < -0.39 is 10.0 Å². The fraction of sp³-hybridized carbons (Fsp3) is 0.417. The maximum Gasteiger partial charge on any atom is 0.214 e. The van der Waals surface area contributed by atoms with Gasteiger partial charge in [-0.05, 0) is 18.6 Å². The number of sulfonamides is 1. The van der Waals surface area contributed by atoms with Crippen LogP contribution in [0.2, 0.25) is 0 Å². The van der Waals surface area contributed by atoms with E-state index in [0.717, 1.165) is 0 Å². The Morgan fingerprint density at radius 2 is 2.22 bits per heavy atom. The van der Waals surface area contributed by atoms with Crippen LogP contribution in [0, 0.1) is 0 Å². The highest BCUT2D eigenvalue weighted by Crippen LogP contribution is 2.17. The zero-order valence-electron chi connectivity index (χ0n) is 10.1. The van der Waals surface area contributed by atoms with E-state index in [2.05, 4.69) is 0 Å². The van der Waals surface area contributed by atoms with Gasteiger partial charge in [-0.3, -0.25) is 4.79 Å². The van der Waals surface area contributed by atoms with Gasteiger partial charge in [-0.25, -0.2) is 8.42 Å². The largest absolute Gasteiger partial charge is 0.497 e. The van der Waals surface area contributed by atoms with Crippen molar-refractivity contribution < 1.29 is 17.9 Å². The summed E-state index contributed by atoms with van der Waals surface area (Å²) in [5.41, 5.74) is 0.469. The van der Waals surface area contributed by atoms with Gasteiger partial charge < -0.3 is 4.74 Å². The molecule has 0 N–H and O–H groups in total. The predicted molar refractivity (Wildman–Crippen MR) is 67.3 cm³/mol. The molecule has 1 aliphatic rings. The molecule has 0 spiro atoms. The molecule has 0 bridgehead atoms. The molecule has 1 fully saturated rings. The van der Waals surface area contributed by atoms with Crippen LogP contribution in [0.25, 0.3) is 0 Å². The number of methoxy groups -OCH3 is 1. The highest BCUT2D eigenvalue weighted by Gasteiger charge is 2.29. The highest BCUT2D eigenvalue weighted by molar-refractivity contribution is 7.89. The number of Topliss-reactive ketones (excluding diaryl/α,β-unsaturated/α-hetero) is 1. The lowest BCUT2D eigenvalue weighted by atomic mass is 10.1. The lowest BCUT2D eigenvalue weighted by Gasteiger charge is -2.13. The molecule has 0 saturated carbocycles. The summed E-state index contributed by atoms with van der Waals surface area (Å²) in [5.74, 6) is 0.516. The smallest absolute Gasteiger partial charge is 0.214 e. The highest BCUT2D eigenvalue weighted by atomic mass is 32.2. The Balaban J connectivity index is 2.12. The third-order valence-corrected chi connectivity index (χ3v) is 4.82. The number of hydrogen-bond donors (Lipinski definition) is 0. The molecule has 0 aliphatic carbocycles. The quantitative estimate of drug-likeness (QED) is 0.762. The van der Waals surface area contributed by atoms with Crippen molar-refractivity contribution >= 4 is 15.8 Å². The Labute approximate surface area is 106 Å². The summed E-state index contributed by atoms with van der Waals surface area (Å²) in [6.45, 7) is 0.341. The molecule has 5 nitrogen and oxygen atoms in total. The summed E-state index contributed by atoms with van der Waals surface area (Å²) in [5, 5.41) is 0. The number of ether oxygens (including phenoxy) is 1. The molecule has 0 atom stereocenters. The first kappa shape index (κ1) is 13.0. The molecule has 0 radical (unpaired) electrons. The monoisotopic (exact) mass is 269 g/mol. The average molecular weight is 269 g/mol. The van der Waals surface area contributed by atoms with Crippen molar-refractivity contribution in [3.05, 3.63) is 29.8 Å². The molecule has 1 heterocycles. The zero-order valence-corrected chi connectivity index (χ0v) is 10.9. The molecule has 2 rings (SSSR count). The van der Waals surface area contributed by atoms with Crippen LogP contribution >= 0.6 is 0 Å². The van der Waals surface area contributed by atoms with Gasteiger partial charge in [-0.15, -0.1) is 0 Å². The minimum absolute atomic E-state index is 0.0878. The topological polar surface area (TPSA) is 63.7 Å². The SMILES string of the molecule is COc1cccc(C(=O)CN2CCCS2(=O)=O)c1. The second-order valence-electron chi connectivity index (χ2n) is 4.16. The first-order valence-electron chi connectivity index (χ1n) is 5.68. The van der Waals surface area contributed by atoms with Crippen molar-refractivity contribution in [3.8, 4) is 5.75 Å². The molecule has 98 valence electrons. The maximum absolute atomic E-state index is 12.0. The minimum atomic E-state index is -3.22. The Kier molecular flexibility index (Phi) is 3.68. The number of ketones is 1. The van der Waals surface area contributed by atoms with Gasteiger partial charge in [0.1, 0.15) is 5.75 Å². The summed E-state index contributed by atoms with van der Waals surface area (Å²) in [6, 6.07) is 6.73. The van der Waals surface area contributed by atoms with Gasteiger partial charge in [0.25, 0.3) is 0 Å². The molecule has 0 amide bonds. The van der Waals surface area contributed by atoms with E-state index in [1.54, 1.807) is 24.3 Å². The molecule has 1 aromatic rings. The van der Waals surface area contributed by atoms with Gasteiger partial charge in [0.15, 0.2) is 5.78 Å². The number of carbonyl (C=O) groups excluding carboxylic acids is 1. The summed E-state index contributed by atoms with van der Waals surface area (Å²) in [4.78, 5) is 12.0. The Hall–Kier alpha value is -1.40. The third kappa shape index (κ3) is 2.70. The van der Waals surface area contributed by atoms with Crippen molar-refractivity contribution in [1.29, 1.82) is 0 Å². The summed E-state index contributed by atoms with van der Waals surface area (Å²) >= 11 is 0. The molecule has 0 aromatic heterocycles. The average Bonchev–Trinajstić information content (AvgIpc) is 2.69. The molecular weight excluding hydrogens is 254 g/mol. The lowest BCUT2D eigenvalue weighted by molar-refractivity contribution is 0.0968. The predicted octanol–water partition coefficient (Wildman–Crippen LogP) is 0.913. The van der Waals surface area contributed by atoms with Crippen LogP contribution in [0.4, 0.5) is 0 Å². The summed E-state index contributed by atoms with van der Waals surface area (Å²) < 4.78 is 29.5. The van der Waals surface area contributed by atoms with Crippen molar-refractivity contribution in [2.24, 2.45) is 0 Å². The van der Waals surface area contributed by atoms with Crippen molar-refractivity contribution in [3.63, 3.8) is 0 Å². The van der Waals surface area contributed by atoms with E-state index in [9.17, 15) is 13.2 Å². The van der Waals surface area contributed by atoms with E-state index >= 15 is 0 Å². The third-order valence-electron chi connectivity index (χ3n) is 2.91. The summed E-state index contributed by atoms with van der Waals surface area (Å²) in [7, 11) is -1.70. The molecule has 1 aromatic carbocycles. The fourth-order valence-corrected chi connectivity index (χ4v) is 3.39. The van der Waals surface area contributed by atoms with E-state index in [1.165, 1.54) is 11.4 Å². The lowest BCUT2D eigenvalue weighted by Crippen LogP contribution is -2.31. The molecule has 6 heteroatoms. The van der Waals surface area contributed by atoms with Crippen molar-refractivity contribution in [1.82, 2.24) is 4.31 Å². The van der Waals surface area contributed by atoms with Crippen LogP contribution < -0.4 is 4.74 Å². The van der Waals surface area contributed by atoms with E-state index in [4.69, 9.17) is 4.74 Å². The second kappa shape index (κ2) is 5.07. The van der Waals surface area contributed by atoms with Crippen LogP contribution in [-0.2, 0) is 10.0 Å². The van der Waals surface area contributed by atoms with Crippen LogP contribution in [0.3, 0.4) is 0 Å². The number of carbonyl (C=O) groups is 1. The maximum atomic E-state index is 12.0. The number of nitrogens with zero attached hydrogens (tertiary/aromatic N) is 1. The van der Waals surface area contributed by atoms with Crippen LogP contribution in [0.1, 0.15) is 16.8 Å². The molecular formula is C12H15NO4S.